The van der Waals surface area contributed by atoms with Gasteiger partial charge in [-0.2, -0.15) is 0 Å². The number of amides is 1. The quantitative estimate of drug-likeness (QED) is 0.816. The lowest BCUT2D eigenvalue weighted by atomic mass is 10.1. The number of nitrogens with one attached hydrogen (secondary N) is 2. The average Bonchev–Trinajstić information content (AvgIpc) is 2.85. The Balaban J connectivity index is 1.78. The number of hydrogen-bond donors (Lipinski definition) is 2. The van der Waals surface area contributed by atoms with Crippen LogP contribution in [0.2, 0.25) is 0 Å². The third kappa shape index (κ3) is 3.17. The highest BCUT2D eigenvalue weighted by molar-refractivity contribution is 7.71. The number of nitrogens with zero attached hydrogens (tertiary/aromatic N) is 2. The average molecular weight is 344 g/mol. The van der Waals surface area contributed by atoms with Gasteiger partial charge in [0.25, 0.3) is 5.91 Å². The second kappa shape index (κ2) is 6.68. The van der Waals surface area contributed by atoms with Crippen LogP contribution in [0.15, 0.2) is 24.3 Å². The number of anilines is 1. The molecule has 1 aliphatic rings. The fraction of sp³-hybridized carbons (Fsp3) is 0.412. The van der Waals surface area contributed by atoms with Gasteiger partial charge in [-0.05, 0) is 36.7 Å². The van der Waals surface area contributed by atoms with Crippen LogP contribution >= 0.6 is 12.2 Å². The van der Waals surface area contributed by atoms with Gasteiger partial charge in [-0.1, -0.05) is 26.0 Å². The van der Waals surface area contributed by atoms with Crippen molar-refractivity contribution in [2.45, 2.75) is 32.7 Å². The molecule has 7 heteroatoms. The molecule has 1 aliphatic heterocycles. The van der Waals surface area contributed by atoms with Crippen LogP contribution in [0.1, 0.15) is 31.5 Å². The molecule has 0 spiro atoms. The maximum atomic E-state index is 12.6. The second-order valence-electron chi connectivity index (χ2n) is 6.37. The number of para-hydroxylation sites is 1. The number of carbonyl (C=O) groups is 2. The van der Waals surface area contributed by atoms with Crippen molar-refractivity contribution in [3.05, 3.63) is 29.0 Å². The SMILES string of the molecule is CC(C)CCNC(=O)CC1Nc2c3ccccc3nc(=S)n2C1=O. The van der Waals surface area contributed by atoms with E-state index in [-0.39, 0.29) is 23.0 Å². The highest BCUT2D eigenvalue weighted by Crippen LogP contribution is 2.28. The standard InChI is InChI=1S/C17H20N4O2S/c1-10(2)7-8-18-14(22)9-13-16(23)21-15(19-13)11-5-3-4-6-12(11)20-17(21)24/h3-6,10,13,19H,7-9H2,1-2H3,(H,18,22). The van der Waals surface area contributed by atoms with Crippen LogP contribution in [0.5, 0.6) is 0 Å². The van der Waals surface area contributed by atoms with E-state index in [1.54, 1.807) is 0 Å². The highest BCUT2D eigenvalue weighted by atomic mass is 32.1. The van der Waals surface area contributed by atoms with E-state index in [1.165, 1.54) is 4.57 Å². The zero-order chi connectivity index (χ0) is 17.3. The molecule has 0 saturated carbocycles. The van der Waals surface area contributed by atoms with Crippen molar-refractivity contribution in [3.8, 4) is 0 Å². The summed E-state index contributed by atoms with van der Waals surface area (Å²) in [6.07, 6.45) is 0.999. The van der Waals surface area contributed by atoms with Crippen LogP contribution in [0.3, 0.4) is 0 Å². The normalized spacial score (nSPS) is 16.3. The molecular weight excluding hydrogens is 324 g/mol. The molecule has 0 saturated heterocycles. The number of rotatable bonds is 5. The molecule has 2 N–H and O–H groups in total. The van der Waals surface area contributed by atoms with Gasteiger partial charge in [0, 0.05) is 11.9 Å². The van der Waals surface area contributed by atoms with Gasteiger partial charge < -0.3 is 10.6 Å². The molecule has 0 fully saturated rings. The van der Waals surface area contributed by atoms with Crippen molar-refractivity contribution in [3.63, 3.8) is 0 Å². The maximum Gasteiger partial charge on any atom is 0.257 e. The summed E-state index contributed by atoms with van der Waals surface area (Å²) < 4.78 is 1.60. The molecule has 126 valence electrons. The number of hydrogen-bond acceptors (Lipinski definition) is 5. The van der Waals surface area contributed by atoms with Crippen molar-refractivity contribution in [2.75, 3.05) is 11.9 Å². The van der Waals surface area contributed by atoms with Crippen molar-refractivity contribution >= 4 is 40.8 Å². The van der Waals surface area contributed by atoms with E-state index in [2.05, 4.69) is 29.5 Å². The molecule has 0 aliphatic carbocycles. The molecule has 24 heavy (non-hydrogen) atoms. The van der Waals surface area contributed by atoms with Gasteiger partial charge in [-0.3, -0.25) is 9.59 Å². The Morgan fingerprint density at radius 1 is 1.42 bits per heavy atom. The summed E-state index contributed by atoms with van der Waals surface area (Å²) in [7, 11) is 0. The molecule has 1 atom stereocenters. The molecule has 1 amide bonds. The lowest BCUT2D eigenvalue weighted by molar-refractivity contribution is -0.121. The monoisotopic (exact) mass is 344 g/mol. The van der Waals surface area contributed by atoms with E-state index in [4.69, 9.17) is 12.2 Å². The number of carbonyl (C=O) groups excluding carboxylic acids is 2. The molecule has 1 aromatic carbocycles. The Morgan fingerprint density at radius 3 is 2.92 bits per heavy atom. The molecule has 3 rings (SSSR count). The minimum Gasteiger partial charge on any atom is -0.358 e. The summed E-state index contributed by atoms with van der Waals surface area (Å²) >= 11 is 5.24. The molecule has 1 unspecified atom stereocenters. The van der Waals surface area contributed by atoms with Gasteiger partial charge in [0.05, 0.1) is 11.9 Å². The van der Waals surface area contributed by atoms with Crippen molar-refractivity contribution < 1.29 is 9.59 Å². The molecule has 0 bridgehead atoms. The van der Waals surface area contributed by atoms with Crippen LogP contribution in [0.25, 0.3) is 10.9 Å². The van der Waals surface area contributed by atoms with Gasteiger partial charge in [-0.15, -0.1) is 0 Å². The van der Waals surface area contributed by atoms with Crippen LogP contribution in [-0.4, -0.2) is 34.0 Å². The van der Waals surface area contributed by atoms with Gasteiger partial charge >= 0.3 is 0 Å². The fourth-order valence-corrected chi connectivity index (χ4v) is 3.05. The minimum absolute atomic E-state index is 0.0850. The predicted molar refractivity (Wildman–Crippen MR) is 95.7 cm³/mol. The predicted octanol–water partition coefficient (Wildman–Crippen LogP) is 2.75. The number of aromatic nitrogens is 2. The number of fused-ring (bicyclic) bond motifs is 3. The summed E-state index contributed by atoms with van der Waals surface area (Å²) in [4.78, 5) is 29.0. The van der Waals surface area contributed by atoms with E-state index in [0.29, 0.717) is 18.3 Å². The summed E-state index contributed by atoms with van der Waals surface area (Å²) in [6.45, 7) is 4.82. The van der Waals surface area contributed by atoms with Crippen molar-refractivity contribution in [1.29, 1.82) is 0 Å². The van der Waals surface area contributed by atoms with Gasteiger partial charge in [0.15, 0.2) is 0 Å². The molecule has 2 aromatic rings. The first-order valence-electron chi connectivity index (χ1n) is 8.06. The molecule has 1 aromatic heterocycles. The van der Waals surface area contributed by atoms with Crippen molar-refractivity contribution in [2.24, 2.45) is 5.92 Å². The second-order valence-corrected chi connectivity index (χ2v) is 6.73. The Bertz CT molecular complexity index is 859. The molecule has 0 radical (unpaired) electrons. The van der Waals surface area contributed by atoms with E-state index in [1.807, 2.05) is 24.3 Å². The number of benzene rings is 1. The topological polar surface area (TPSA) is 76.0 Å². The zero-order valence-corrected chi connectivity index (χ0v) is 14.5. The van der Waals surface area contributed by atoms with Gasteiger partial charge in [0.1, 0.15) is 11.9 Å². The van der Waals surface area contributed by atoms with E-state index < -0.39 is 6.04 Å². The summed E-state index contributed by atoms with van der Waals surface area (Å²) in [5.74, 6) is 0.775. The lowest BCUT2D eigenvalue weighted by Gasteiger charge is -2.10. The van der Waals surface area contributed by atoms with E-state index in [0.717, 1.165) is 17.3 Å². The highest BCUT2D eigenvalue weighted by Gasteiger charge is 2.33. The summed E-state index contributed by atoms with van der Waals surface area (Å²) in [6, 6.07) is 6.88. The first-order valence-corrected chi connectivity index (χ1v) is 8.47. The van der Waals surface area contributed by atoms with E-state index in [9.17, 15) is 9.59 Å². The van der Waals surface area contributed by atoms with Crippen LogP contribution in [0.4, 0.5) is 5.82 Å². The van der Waals surface area contributed by atoms with Crippen LogP contribution in [-0.2, 0) is 4.79 Å². The Hall–Kier alpha value is -2.28. The molecule has 2 heterocycles. The first-order chi connectivity index (χ1) is 11.5. The van der Waals surface area contributed by atoms with Crippen LogP contribution in [0, 0.1) is 10.7 Å². The first kappa shape index (κ1) is 16.6. The minimum atomic E-state index is -0.613. The third-order valence-corrected chi connectivity index (χ3v) is 4.33. The Kier molecular flexibility index (Phi) is 4.62. The van der Waals surface area contributed by atoms with E-state index >= 15 is 0 Å². The smallest absolute Gasteiger partial charge is 0.257 e. The zero-order valence-electron chi connectivity index (χ0n) is 13.7. The van der Waals surface area contributed by atoms with Crippen molar-refractivity contribution in [1.82, 2.24) is 14.9 Å². The fourth-order valence-electron chi connectivity index (χ4n) is 2.77. The van der Waals surface area contributed by atoms with Gasteiger partial charge in [-0.25, -0.2) is 9.55 Å². The Labute approximate surface area is 145 Å². The molecule has 6 nitrogen and oxygen atoms in total. The maximum absolute atomic E-state index is 12.6. The summed E-state index contributed by atoms with van der Waals surface area (Å²) in [5, 5.41) is 6.82. The molecular formula is C17H20N4O2S. The summed E-state index contributed by atoms with van der Waals surface area (Å²) in [5.41, 5.74) is 0.732. The largest absolute Gasteiger partial charge is 0.358 e. The Morgan fingerprint density at radius 2 is 2.17 bits per heavy atom. The van der Waals surface area contributed by atoms with Gasteiger partial charge in [0.2, 0.25) is 10.7 Å². The van der Waals surface area contributed by atoms with Crippen LogP contribution < -0.4 is 10.6 Å². The lowest BCUT2D eigenvalue weighted by Crippen LogP contribution is -2.34. The third-order valence-electron chi connectivity index (χ3n) is 4.05.